The van der Waals surface area contributed by atoms with Crippen LogP contribution in [0.25, 0.3) is 11.0 Å². The molecule has 1 aromatic heterocycles. The highest BCUT2D eigenvalue weighted by Crippen LogP contribution is 2.25. The Morgan fingerprint density at radius 1 is 1.38 bits per heavy atom. The first-order chi connectivity index (χ1) is 6.36. The molecule has 1 aromatic carbocycles. The van der Waals surface area contributed by atoms with E-state index >= 15 is 0 Å². The van der Waals surface area contributed by atoms with Crippen LogP contribution in [-0.2, 0) is 13.0 Å². The van der Waals surface area contributed by atoms with Gasteiger partial charge in [0.2, 0.25) is 0 Å². The fraction of sp³-hybridized carbons (Fsp3) is 0.364. The van der Waals surface area contributed by atoms with Crippen molar-refractivity contribution in [2.45, 2.75) is 26.3 Å². The summed E-state index contributed by atoms with van der Waals surface area (Å²) < 4.78 is 2.34. The van der Waals surface area contributed by atoms with Crippen molar-refractivity contribution in [3.05, 3.63) is 29.6 Å². The van der Waals surface area contributed by atoms with Gasteiger partial charge in [0.15, 0.2) is 0 Å². The molecule has 0 bridgehead atoms. The third-order valence-corrected chi connectivity index (χ3v) is 2.87. The van der Waals surface area contributed by atoms with Crippen LogP contribution in [-0.4, -0.2) is 9.55 Å². The smallest absolute Gasteiger partial charge is 0.106 e. The first-order valence-electron chi connectivity index (χ1n) is 4.81. The lowest BCUT2D eigenvalue weighted by molar-refractivity contribution is 0.617. The maximum Gasteiger partial charge on any atom is 0.106 e. The third-order valence-electron chi connectivity index (χ3n) is 2.87. The normalized spacial score (nSPS) is 15.2. The number of imidazole rings is 1. The third kappa shape index (κ3) is 0.857. The van der Waals surface area contributed by atoms with E-state index in [2.05, 4.69) is 34.7 Å². The molecular weight excluding hydrogens is 160 g/mol. The minimum atomic E-state index is 1.14. The maximum atomic E-state index is 4.55. The highest BCUT2D eigenvalue weighted by atomic mass is 15.1. The quantitative estimate of drug-likeness (QED) is 0.596. The zero-order chi connectivity index (χ0) is 8.84. The van der Waals surface area contributed by atoms with Crippen molar-refractivity contribution >= 4 is 11.0 Å². The van der Waals surface area contributed by atoms with Crippen molar-refractivity contribution in [3.8, 4) is 0 Å². The van der Waals surface area contributed by atoms with E-state index in [0.717, 1.165) is 17.9 Å². The number of benzene rings is 1. The molecule has 3 rings (SSSR count). The van der Waals surface area contributed by atoms with E-state index in [1.165, 1.54) is 23.9 Å². The predicted molar refractivity (Wildman–Crippen MR) is 52.8 cm³/mol. The molecule has 2 heterocycles. The summed E-state index contributed by atoms with van der Waals surface area (Å²) in [5, 5.41) is 0. The van der Waals surface area contributed by atoms with Gasteiger partial charge in [-0.1, -0.05) is 12.1 Å². The van der Waals surface area contributed by atoms with Gasteiger partial charge in [-0.05, 0) is 31.4 Å². The summed E-state index contributed by atoms with van der Waals surface area (Å²) in [6.45, 7) is 3.23. The van der Waals surface area contributed by atoms with Gasteiger partial charge < -0.3 is 4.57 Å². The van der Waals surface area contributed by atoms with Crippen molar-refractivity contribution < 1.29 is 0 Å². The number of nitrogens with zero attached hydrogens (tertiary/aromatic N) is 2. The Balaban J connectivity index is 2.51. The molecule has 1 aliphatic heterocycles. The first-order valence-corrected chi connectivity index (χ1v) is 4.81. The highest BCUT2D eigenvalue weighted by Gasteiger charge is 2.14. The average Bonchev–Trinajstić information content (AvgIpc) is 2.47. The molecule has 0 unspecified atom stereocenters. The molecule has 2 heteroatoms. The molecule has 0 aliphatic carbocycles. The summed E-state index contributed by atoms with van der Waals surface area (Å²) in [4.78, 5) is 4.55. The van der Waals surface area contributed by atoms with Crippen molar-refractivity contribution in [2.75, 3.05) is 0 Å². The Morgan fingerprint density at radius 3 is 3.23 bits per heavy atom. The molecule has 2 aromatic rings. The van der Waals surface area contributed by atoms with Crippen molar-refractivity contribution in [2.24, 2.45) is 0 Å². The SMILES string of the molecule is Cc1nc2cccc3c2n1CCC3. The van der Waals surface area contributed by atoms with Crippen LogP contribution in [0.15, 0.2) is 18.2 Å². The fourth-order valence-electron chi connectivity index (χ4n) is 2.28. The highest BCUT2D eigenvalue weighted by molar-refractivity contribution is 5.80. The lowest BCUT2D eigenvalue weighted by atomic mass is 10.0. The number of aromatic nitrogens is 2. The second kappa shape index (κ2) is 2.34. The molecule has 2 nitrogen and oxygen atoms in total. The van der Waals surface area contributed by atoms with Gasteiger partial charge in [-0.3, -0.25) is 0 Å². The van der Waals surface area contributed by atoms with Crippen LogP contribution in [0.5, 0.6) is 0 Å². The average molecular weight is 172 g/mol. The van der Waals surface area contributed by atoms with Gasteiger partial charge >= 0.3 is 0 Å². The molecule has 66 valence electrons. The van der Waals surface area contributed by atoms with E-state index in [4.69, 9.17) is 0 Å². The Kier molecular flexibility index (Phi) is 1.29. The van der Waals surface area contributed by atoms with Crippen LogP contribution in [0.4, 0.5) is 0 Å². The standard InChI is InChI=1S/C11H12N2/c1-8-12-10-6-2-4-9-5-3-7-13(8)11(9)10/h2,4,6H,3,5,7H2,1H3. The molecule has 0 N–H and O–H groups in total. The lowest BCUT2D eigenvalue weighted by Gasteiger charge is -2.15. The number of hydrogen-bond acceptors (Lipinski definition) is 1. The molecule has 0 radical (unpaired) electrons. The summed E-state index contributed by atoms with van der Waals surface area (Å²) in [5.74, 6) is 1.15. The van der Waals surface area contributed by atoms with Crippen molar-refractivity contribution in [1.82, 2.24) is 9.55 Å². The van der Waals surface area contributed by atoms with Gasteiger partial charge in [-0.2, -0.15) is 0 Å². The summed E-state index contributed by atoms with van der Waals surface area (Å²) in [6, 6.07) is 6.44. The molecular formula is C11H12N2. The first kappa shape index (κ1) is 7.13. The molecule has 0 fully saturated rings. The molecule has 0 spiro atoms. The van der Waals surface area contributed by atoms with Crippen LogP contribution in [0.1, 0.15) is 17.8 Å². The van der Waals surface area contributed by atoms with Crippen molar-refractivity contribution in [3.63, 3.8) is 0 Å². The molecule has 13 heavy (non-hydrogen) atoms. The van der Waals surface area contributed by atoms with Gasteiger partial charge in [0.1, 0.15) is 5.82 Å². The van der Waals surface area contributed by atoms with E-state index in [0.29, 0.717) is 0 Å². The predicted octanol–water partition coefficient (Wildman–Crippen LogP) is 2.29. The zero-order valence-corrected chi connectivity index (χ0v) is 7.75. The number of para-hydroxylation sites is 1. The zero-order valence-electron chi connectivity index (χ0n) is 7.75. The Hall–Kier alpha value is -1.31. The Labute approximate surface area is 77.2 Å². The van der Waals surface area contributed by atoms with Crippen LogP contribution in [0, 0.1) is 6.92 Å². The summed E-state index contributed by atoms with van der Waals surface area (Å²) in [6.07, 6.45) is 2.46. The second-order valence-corrected chi connectivity index (χ2v) is 3.70. The largest absolute Gasteiger partial charge is 0.328 e. The van der Waals surface area contributed by atoms with Crippen molar-refractivity contribution in [1.29, 1.82) is 0 Å². The van der Waals surface area contributed by atoms with Gasteiger partial charge in [0, 0.05) is 6.54 Å². The van der Waals surface area contributed by atoms with Gasteiger partial charge in [-0.15, -0.1) is 0 Å². The number of rotatable bonds is 0. The summed E-state index contributed by atoms with van der Waals surface area (Å²) in [5.41, 5.74) is 3.99. The van der Waals surface area contributed by atoms with Gasteiger partial charge in [-0.25, -0.2) is 4.98 Å². The lowest BCUT2D eigenvalue weighted by Crippen LogP contribution is -2.08. The monoisotopic (exact) mass is 172 g/mol. The van der Waals surface area contributed by atoms with Crippen LogP contribution < -0.4 is 0 Å². The van der Waals surface area contributed by atoms with E-state index in [-0.39, 0.29) is 0 Å². The summed E-state index contributed by atoms with van der Waals surface area (Å²) >= 11 is 0. The molecule has 0 saturated carbocycles. The topological polar surface area (TPSA) is 17.8 Å². The second-order valence-electron chi connectivity index (χ2n) is 3.70. The van der Waals surface area contributed by atoms with Crippen LogP contribution >= 0.6 is 0 Å². The number of hydrogen-bond donors (Lipinski definition) is 0. The Bertz CT molecular complexity index is 468. The minimum Gasteiger partial charge on any atom is -0.328 e. The minimum absolute atomic E-state index is 1.14. The van der Waals surface area contributed by atoms with Gasteiger partial charge in [0.25, 0.3) is 0 Å². The van der Waals surface area contributed by atoms with E-state index in [9.17, 15) is 0 Å². The molecule has 0 saturated heterocycles. The molecule has 0 amide bonds. The van der Waals surface area contributed by atoms with E-state index in [1.807, 2.05) is 0 Å². The van der Waals surface area contributed by atoms with Crippen LogP contribution in [0.3, 0.4) is 0 Å². The molecule has 1 aliphatic rings. The Morgan fingerprint density at radius 2 is 2.31 bits per heavy atom. The number of aryl methyl sites for hydroxylation is 3. The van der Waals surface area contributed by atoms with Crippen LogP contribution in [0.2, 0.25) is 0 Å². The van der Waals surface area contributed by atoms with Gasteiger partial charge in [0.05, 0.1) is 11.0 Å². The molecule has 0 atom stereocenters. The summed E-state index contributed by atoms with van der Waals surface area (Å²) in [7, 11) is 0. The maximum absolute atomic E-state index is 4.55. The van der Waals surface area contributed by atoms with E-state index < -0.39 is 0 Å². The van der Waals surface area contributed by atoms with E-state index in [1.54, 1.807) is 0 Å². The fourth-order valence-corrected chi connectivity index (χ4v) is 2.28.